The van der Waals surface area contributed by atoms with Crippen molar-refractivity contribution in [1.29, 1.82) is 0 Å². The van der Waals surface area contributed by atoms with Crippen molar-refractivity contribution in [3.63, 3.8) is 0 Å². The molecule has 0 fully saturated rings. The van der Waals surface area contributed by atoms with E-state index in [1.54, 1.807) is 0 Å². The Morgan fingerprint density at radius 3 is 2.07 bits per heavy atom. The predicted octanol–water partition coefficient (Wildman–Crippen LogP) is 3.78. The maximum atomic E-state index is 13.2. The van der Waals surface area contributed by atoms with Gasteiger partial charge >= 0.3 is 0 Å². The standard InChI is InChI=1S/C21H27FN2O3S/c1-13-11-15(3)20(12-14(13)2)16(4)23-21(25)17(5)24(28(6,26)27)19-9-7-18(22)8-10-19/h7-12,16-17H,1-6H3,(H,23,25)/t16-,17-/m1/s1. The lowest BCUT2D eigenvalue weighted by Gasteiger charge is -2.29. The van der Waals surface area contributed by atoms with E-state index >= 15 is 0 Å². The molecule has 1 amide bonds. The SMILES string of the molecule is Cc1cc(C)c([C@@H](C)NC(=O)[C@@H](C)N(c2ccc(F)cc2)S(C)(=O)=O)cc1C. The minimum absolute atomic E-state index is 0.238. The van der Waals surface area contributed by atoms with Gasteiger partial charge in [-0.1, -0.05) is 12.1 Å². The number of amides is 1. The van der Waals surface area contributed by atoms with Gasteiger partial charge in [0.15, 0.2) is 0 Å². The number of anilines is 1. The second-order valence-corrected chi connectivity index (χ2v) is 9.09. The van der Waals surface area contributed by atoms with Crippen LogP contribution in [0, 0.1) is 26.6 Å². The minimum atomic E-state index is -3.75. The number of halogens is 1. The largest absolute Gasteiger partial charge is 0.348 e. The van der Waals surface area contributed by atoms with Crippen molar-refractivity contribution in [2.75, 3.05) is 10.6 Å². The number of carbonyl (C=O) groups excluding carboxylic acids is 1. The molecule has 0 aromatic heterocycles. The lowest BCUT2D eigenvalue weighted by molar-refractivity contribution is -0.122. The molecule has 28 heavy (non-hydrogen) atoms. The van der Waals surface area contributed by atoms with Crippen LogP contribution in [0.3, 0.4) is 0 Å². The molecule has 0 heterocycles. The molecular formula is C21H27FN2O3S. The van der Waals surface area contributed by atoms with Crippen LogP contribution in [0.15, 0.2) is 36.4 Å². The third-order valence-electron chi connectivity index (χ3n) is 4.88. The lowest BCUT2D eigenvalue weighted by Crippen LogP contribution is -2.48. The first kappa shape index (κ1) is 21.9. The van der Waals surface area contributed by atoms with Gasteiger partial charge in [0, 0.05) is 0 Å². The van der Waals surface area contributed by atoms with Gasteiger partial charge in [0.25, 0.3) is 0 Å². The second-order valence-electron chi connectivity index (χ2n) is 7.23. The van der Waals surface area contributed by atoms with E-state index in [2.05, 4.69) is 11.4 Å². The average Bonchev–Trinajstić information content (AvgIpc) is 2.58. The maximum Gasteiger partial charge on any atom is 0.244 e. The molecule has 7 heteroatoms. The minimum Gasteiger partial charge on any atom is -0.348 e. The molecule has 0 saturated heterocycles. The van der Waals surface area contributed by atoms with E-state index in [0.29, 0.717) is 0 Å². The molecule has 0 spiro atoms. The van der Waals surface area contributed by atoms with Crippen molar-refractivity contribution in [1.82, 2.24) is 5.32 Å². The summed E-state index contributed by atoms with van der Waals surface area (Å²) < 4.78 is 38.8. The van der Waals surface area contributed by atoms with E-state index in [0.717, 1.165) is 27.3 Å². The number of rotatable bonds is 6. The highest BCUT2D eigenvalue weighted by Gasteiger charge is 2.30. The molecule has 0 unspecified atom stereocenters. The molecule has 2 rings (SSSR count). The highest BCUT2D eigenvalue weighted by atomic mass is 32.2. The lowest BCUT2D eigenvalue weighted by atomic mass is 9.96. The molecular weight excluding hydrogens is 379 g/mol. The molecule has 2 aromatic rings. The maximum absolute atomic E-state index is 13.2. The van der Waals surface area contributed by atoms with Crippen LogP contribution in [-0.2, 0) is 14.8 Å². The van der Waals surface area contributed by atoms with Gasteiger partial charge in [-0.25, -0.2) is 12.8 Å². The summed E-state index contributed by atoms with van der Waals surface area (Å²) in [6.45, 7) is 9.40. The molecule has 0 radical (unpaired) electrons. The Balaban J connectivity index is 2.28. The van der Waals surface area contributed by atoms with Crippen molar-refractivity contribution >= 4 is 21.6 Å². The van der Waals surface area contributed by atoms with Crippen molar-refractivity contribution in [2.45, 2.75) is 46.7 Å². The van der Waals surface area contributed by atoms with Crippen LogP contribution in [0.4, 0.5) is 10.1 Å². The fourth-order valence-corrected chi connectivity index (χ4v) is 4.43. The van der Waals surface area contributed by atoms with Gasteiger partial charge in [0.2, 0.25) is 15.9 Å². The number of hydrogen-bond acceptors (Lipinski definition) is 3. The van der Waals surface area contributed by atoms with E-state index in [9.17, 15) is 17.6 Å². The summed E-state index contributed by atoms with van der Waals surface area (Å²) in [5, 5.41) is 2.90. The van der Waals surface area contributed by atoms with Crippen LogP contribution < -0.4 is 9.62 Å². The molecule has 0 bridgehead atoms. The first-order chi connectivity index (χ1) is 12.9. The van der Waals surface area contributed by atoms with E-state index < -0.39 is 27.8 Å². The fourth-order valence-electron chi connectivity index (χ4n) is 3.26. The van der Waals surface area contributed by atoms with Gasteiger partial charge in [-0.3, -0.25) is 9.10 Å². The van der Waals surface area contributed by atoms with Gasteiger partial charge in [-0.15, -0.1) is 0 Å². The quantitative estimate of drug-likeness (QED) is 0.794. The van der Waals surface area contributed by atoms with Gasteiger partial charge in [-0.05, 0) is 81.1 Å². The van der Waals surface area contributed by atoms with Crippen molar-refractivity contribution in [2.24, 2.45) is 0 Å². The van der Waals surface area contributed by atoms with E-state index in [4.69, 9.17) is 0 Å². The highest BCUT2D eigenvalue weighted by molar-refractivity contribution is 7.92. The van der Waals surface area contributed by atoms with Crippen molar-refractivity contribution in [3.05, 3.63) is 64.5 Å². The first-order valence-electron chi connectivity index (χ1n) is 9.05. The van der Waals surface area contributed by atoms with Crippen LogP contribution in [0.2, 0.25) is 0 Å². The molecule has 5 nitrogen and oxygen atoms in total. The summed E-state index contributed by atoms with van der Waals surface area (Å²) in [4.78, 5) is 12.8. The van der Waals surface area contributed by atoms with E-state index in [1.165, 1.54) is 36.8 Å². The number of sulfonamides is 1. The third kappa shape index (κ3) is 4.90. The topological polar surface area (TPSA) is 66.5 Å². The number of nitrogens with one attached hydrogen (secondary N) is 1. The fraction of sp³-hybridized carbons (Fsp3) is 0.381. The smallest absolute Gasteiger partial charge is 0.244 e. The zero-order valence-corrected chi connectivity index (χ0v) is 17.9. The summed E-state index contributed by atoms with van der Waals surface area (Å²) in [5.41, 5.74) is 4.58. The summed E-state index contributed by atoms with van der Waals surface area (Å²) >= 11 is 0. The predicted molar refractivity (Wildman–Crippen MR) is 110 cm³/mol. The molecule has 0 aliphatic carbocycles. The normalized spacial score (nSPS) is 13.7. The molecule has 0 aliphatic heterocycles. The van der Waals surface area contributed by atoms with Crippen LogP contribution >= 0.6 is 0 Å². The number of hydrogen-bond donors (Lipinski definition) is 1. The van der Waals surface area contributed by atoms with Crippen LogP contribution in [-0.4, -0.2) is 26.6 Å². The van der Waals surface area contributed by atoms with Gasteiger partial charge in [0.05, 0.1) is 18.0 Å². The highest BCUT2D eigenvalue weighted by Crippen LogP contribution is 2.24. The summed E-state index contributed by atoms with van der Waals surface area (Å²) in [6, 6.07) is 7.85. The molecule has 2 aromatic carbocycles. The monoisotopic (exact) mass is 406 g/mol. The van der Waals surface area contributed by atoms with Crippen molar-refractivity contribution in [3.8, 4) is 0 Å². The summed E-state index contributed by atoms with van der Waals surface area (Å²) in [5.74, 6) is -0.909. The Hall–Kier alpha value is -2.41. The Bertz CT molecular complexity index is 972. The zero-order valence-electron chi connectivity index (χ0n) is 17.1. The third-order valence-corrected chi connectivity index (χ3v) is 6.12. The van der Waals surface area contributed by atoms with Gasteiger partial charge < -0.3 is 5.32 Å². The molecule has 1 N–H and O–H groups in total. The zero-order chi connectivity index (χ0) is 21.2. The van der Waals surface area contributed by atoms with Crippen LogP contribution in [0.5, 0.6) is 0 Å². The van der Waals surface area contributed by atoms with Crippen LogP contribution in [0.25, 0.3) is 0 Å². The number of aryl methyl sites for hydroxylation is 3. The molecule has 0 aliphatic rings. The average molecular weight is 407 g/mol. The Morgan fingerprint density at radius 1 is 1.00 bits per heavy atom. The van der Waals surface area contributed by atoms with E-state index in [1.807, 2.05) is 33.8 Å². The Kier molecular flexibility index (Phi) is 6.49. The molecule has 0 saturated carbocycles. The first-order valence-corrected chi connectivity index (χ1v) is 10.9. The second kappa shape index (κ2) is 8.31. The summed E-state index contributed by atoms with van der Waals surface area (Å²) in [7, 11) is -3.75. The Morgan fingerprint density at radius 2 is 1.54 bits per heavy atom. The van der Waals surface area contributed by atoms with Gasteiger partial charge in [0.1, 0.15) is 11.9 Å². The summed E-state index contributed by atoms with van der Waals surface area (Å²) in [6.07, 6.45) is 1.02. The van der Waals surface area contributed by atoms with E-state index in [-0.39, 0.29) is 11.7 Å². The number of nitrogens with zero attached hydrogens (tertiary/aromatic N) is 1. The van der Waals surface area contributed by atoms with Gasteiger partial charge in [-0.2, -0.15) is 0 Å². The Labute approximate surface area is 166 Å². The van der Waals surface area contributed by atoms with Crippen molar-refractivity contribution < 1.29 is 17.6 Å². The molecule has 2 atom stereocenters. The number of benzene rings is 2. The number of carbonyl (C=O) groups is 1. The van der Waals surface area contributed by atoms with Crippen LogP contribution in [0.1, 0.15) is 42.1 Å². The molecule has 152 valence electrons.